The number of fused-ring (bicyclic) bond motifs is 1. The number of methoxy groups -OCH3 is 2. The van der Waals surface area contributed by atoms with Crippen LogP contribution in [0.25, 0.3) is 0 Å². The zero-order valence-electron chi connectivity index (χ0n) is 23.5. The van der Waals surface area contributed by atoms with E-state index in [0.29, 0.717) is 32.7 Å². The Kier molecular flexibility index (Phi) is 7.77. The summed E-state index contributed by atoms with van der Waals surface area (Å²) in [6.07, 6.45) is 3.06. The Morgan fingerprint density at radius 3 is 2.35 bits per heavy atom. The molecule has 1 fully saturated rings. The molecule has 2 heterocycles. The van der Waals surface area contributed by atoms with Crippen LogP contribution in [0, 0.1) is 0 Å². The van der Waals surface area contributed by atoms with E-state index in [1.165, 1.54) is 0 Å². The molecule has 8 heteroatoms. The van der Waals surface area contributed by atoms with Gasteiger partial charge in [0.15, 0.2) is 0 Å². The number of amides is 2. The van der Waals surface area contributed by atoms with Crippen LogP contribution in [-0.4, -0.2) is 43.0 Å². The smallest absolute Gasteiger partial charge is 0.254 e. The summed E-state index contributed by atoms with van der Waals surface area (Å²) in [6, 6.07) is 16.5. The topological polar surface area (TPSA) is 59.1 Å². The van der Waals surface area contributed by atoms with Crippen molar-refractivity contribution in [3.05, 3.63) is 86.9 Å². The number of hydrogen-bond acceptors (Lipinski definition) is 4. The maximum atomic E-state index is 14.4. The molecule has 6 nitrogen and oxygen atoms in total. The minimum absolute atomic E-state index is 0.0437. The molecule has 1 saturated heterocycles. The first-order valence-electron chi connectivity index (χ1n) is 13.6. The Bertz CT molecular complexity index is 1470. The molecule has 3 aromatic rings. The number of likely N-dealkylation sites (tertiary alicyclic amines) is 1. The zero-order valence-corrected chi connectivity index (χ0v) is 25.0. The van der Waals surface area contributed by atoms with E-state index in [1.807, 2.05) is 36.1 Å². The quantitative estimate of drug-likeness (QED) is 0.307. The summed E-state index contributed by atoms with van der Waals surface area (Å²) in [5.74, 6) is 1.08. The van der Waals surface area contributed by atoms with Crippen LogP contribution in [0.15, 0.2) is 54.6 Å². The first-order valence-corrected chi connectivity index (χ1v) is 14.3. The maximum Gasteiger partial charge on any atom is 0.254 e. The van der Waals surface area contributed by atoms with Gasteiger partial charge in [-0.2, -0.15) is 0 Å². The fourth-order valence-corrected chi connectivity index (χ4v) is 6.70. The van der Waals surface area contributed by atoms with Crippen molar-refractivity contribution in [2.75, 3.05) is 19.1 Å². The average Bonchev–Trinajstić information content (AvgIpc) is 3.15. The van der Waals surface area contributed by atoms with Crippen LogP contribution in [0.5, 0.6) is 11.5 Å². The lowest BCUT2D eigenvalue weighted by Crippen LogP contribution is -2.47. The third kappa shape index (κ3) is 4.71. The van der Waals surface area contributed by atoms with Gasteiger partial charge in [-0.05, 0) is 99.7 Å². The lowest BCUT2D eigenvalue weighted by molar-refractivity contribution is -0.121. The predicted molar refractivity (Wildman–Crippen MR) is 159 cm³/mol. The average molecular weight is 582 g/mol. The highest BCUT2D eigenvalue weighted by Crippen LogP contribution is 2.50. The number of anilines is 1. The van der Waals surface area contributed by atoms with Gasteiger partial charge in [0, 0.05) is 45.0 Å². The molecule has 0 radical (unpaired) electrons. The number of halogens is 2. The number of carbonyl (C=O) groups is 2. The van der Waals surface area contributed by atoms with E-state index in [4.69, 9.17) is 32.7 Å². The maximum absolute atomic E-state index is 14.4. The van der Waals surface area contributed by atoms with Crippen LogP contribution in [0.4, 0.5) is 5.69 Å². The van der Waals surface area contributed by atoms with E-state index in [-0.39, 0.29) is 30.4 Å². The number of nitrogens with zero attached hydrogens (tertiary/aromatic N) is 2. The van der Waals surface area contributed by atoms with Crippen LogP contribution in [0.3, 0.4) is 0 Å². The Morgan fingerprint density at radius 1 is 0.950 bits per heavy atom. The normalized spacial score (nSPS) is 22.3. The molecule has 210 valence electrons. The summed E-state index contributed by atoms with van der Waals surface area (Å²) < 4.78 is 11.0. The van der Waals surface area contributed by atoms with Gasteiger partial charge in [-0.25, -0.2) is 0 Å². The third-order valence-corrected chi connectivity index (χ3v) is 9.03. The second-order valence-corrected chi connectivity index (χ2v) is 11.7. The largest absolute Gasteiger partial charge is 0.497 e. The minimum atomic E-state index is -1.16. The molecular weight excluding hydrogens is 547 g/mol. The van der Waals surface area contributed by atoms with Crippen molar-refractivity contribution in [1.29, 1.82) is 0 Å². The molecule has 2 amide bonds. The van der Waals surface area contributed by atoms with Crippen molar-refractivity contribution in [3.63, 3.8) is 0 Å². The second kappa shape index (κ2) is 11.0. The summed E-state index contributed by atoms with van der Waals surface area (Å²) in [7, 11) is 3.19. The van der Waals surface area contributed by atoms with Crippen LogP contribution in [0.1, 0.15) is 67.1 Å². The number of hydrogen-bond donors (Lipinski definition) is 0. The van der Waals surface area contributed by atoms with Crippen molar-refractivity contribution in [3.8, 4) is 11.5 Å². The lowest BCUT2D eigenvalue weighted by Gasteiger charge is -2.39. The van der Waals surface area contributed by atoms with Crippen molar-refractivity contribution in [2.24, 2.45) is 0 Å². The second-order valence-electron chi connectivity index (χ2n) is 10.9. The Hall–Kier alpha value is -3.22. The van der Waals surface area contributed by atoms with E-state index in [0.717, 1.165) is 36.1 Å². The van der Waals surface area contributed by atoms with Gasteiger partial charge < -0.3 is 19.3 Å². The Balaban J connectivity index is 1.59. The van der Waals surface area contributed by atoms with Crippen molar-refractivity contribution in [1.82, 2.24) is 4.90 Å². The van der Waals surface area contributed by atoms with Gasteiger partial charge in [-0.15, -0.1) is 0 Å². The summed E-state index contributed by atoms with van der Waals surface area (Å²) in [5.41, 5.74) is 2.24. The summed E-state index contributed by atoms with van der Waals surface area (Å²) >= 11 is 13.3. The van der Waals surface area contributed by atoms with E-state index in [9.17, 15) is 9.59 Å². The molecule has 3 aromatic carbocycles. The monoisotopic (exact) mass is 580 g/mol. The highest BCUT2D eigenvalue weighted by molar-refractivity contribution is 6.33. The first kappa shape index (κ1) is 28.3. The van der Waals surface area contributed by atoms with Gasteiger partial charge in [0.05, 0.1) is 20.8 Å². The molecule has 40 heavy (non-hydrogen) atoms. The molecule has 2 aliphatic rings. The molecule has 0 N–H and O–H groups in total. The van der Waals surface area contributed by atoms with E-state index >= 15 is 0 Å². The molecule has 5 rings (SSSR count). The van der Waals surface area contributed by atoms with Crippen LogP contribution in [-0.2, 0) is 16.8 Å². The van der Waals surface area contributed by atoms with Crippen LogP contribution < -0.4 is 14.4 Å². The highest BCUT2D eigenvalue weighted by Gasteiger charge is 2.50. The summed E-state index contributed by atoms with van der Waals surface area (Å²) in [5, 5.41) is 0.933. The minimum Gasteiger partial charge on any atom is -0.497 e. The van der Waals surface area contributed by atoms with Crippen LogP contribution in [0.2, 0.25) is 10.0 Å². The first-order chi connectivity index (χ1) is 19.1. The van der Waals surface area contributed by atoms with E-state index < -0.39 is 5.41 Å². The van der Waals surface area contributed by atoms with Gasteiger partial charge in [-0.3, -0.25) is 9.59 Å². The SMILES string of the molecule is COc1ccc(CN2C(=O)C(C)(c3cc(C(=O)N4C(C)CCCC4C)ccc3Cl)c3cc(Cl)ccc32)c(OC)c1. The molecule has 0 saturated carbocycles. The van der Waals surface area contributed by atoms with Gasteiger partial charge in [0.25, 0.3) is 5.91 Å². The molecule has 0 bridgehead atoms. The van der Waals surface area contributed by atoms with E-state index in [2.05, 4.69) is 13.8 Å². The number of rotatable bonds is 6. The van der Waals surface area contributed by atoms with Gasteiger partial charge >= 0.3 is 0 Å². The summed E-state index contributed by atoms with van der Waals surface area (Å²) in [6.45, 7) is 6.32. The fraction of sp³-hybridized carbons (Fsp3) is 0.375. The zero-order chi connectivity index (χ0) is 28.8. The third-order valence-electron chi connectivity index (χ3n) is 8.46. The molecule has 3 atom stereocenters. The van der Waals surface area contributed by atoms with E-state index in [1.54, 1.807) is 49.5 Å². The summed E-state index contributed by atoms with van der Waals surface area (Å²) in [4.78, 5) is 31.9. The Morgan fingerprint density at radius 2 is 1.68 bits per heavy atom. The molecular formula is C32H34Cl2N2O4. The highest BCUT2D eigenvalue weighted by atomic mass is 35.5. The number of piperidine rings is 1. The standard InChI is InChI=1S/C32H34Cl2N2O4/c1-19-7-6-8-20(2)36(19)30(37)21-10-13-27(34)25(15-21)32(3)26-16-23(33)11-14-28(26)35(31(32)38)18-22-9-12-24(39-4)17-29(22)40-5/h9-17,19-20H,6-8,18H2,1-5H3. The lowest BCUT2D eigenvalue weighted by atomic mass is 9.76. The van der Waals surface area contributed by atoms with Crippen molar-refractivity contribution < 1.29 is 19.1 Å². The van der Waals surface area contributed by atoms with Gasteiger partial charge in [-0.1, -0.05) is 23.2 Å². The molecule has 3 unspecified atom stereocenters. The molecule has 2 aliphatic heterocycles. The number of benzene rings is 3. The van der Waals surface area contributed by atoms with Gasteiger partial charge in [0.1, 0.15) is 16.9 Å². The van der Waals surface area contributed by atoms with Crippen molar-refractivity contribution >= 4 is 40.7 Å². The predicted octanol–water partition coefficient (Wildman–Crippen LogP) is 7.27. The molecule has 0 aromatic heterocycles. The Labute approximate surface area is 245 Å². The molecule has 0 spiro atoms. The van der Waals surface area contributed by atoms with Crippen molar-refractivity contribution in [2.45, 2.75) is 64.1 Å². The molecule has 0 aliphatic carbocycles. The number of carbonyl (C=O) groups excluding carboxylic acids is 2. The number of ether oxygens (including phenoxy) is 2. The van der Waals surface area contributed by atoms with Crippen LogP contribution >= 0.6 is 23.2 Å². The fourth-order valence-electron chi connectivity index (χ4n) is 6.22. The van der Waals surface area contributed by atoms with Gasteiger partial charge in [0.2, 0.25) is 5.91 Å².